The number of halogens is 1. The average Bonchev–Trinajstić information content (AvgIpc) is 3.35. The summed E-state index contributed by atoms with van der Waals surface area (Å²) in [5.41, 5.74) is 5.89. The number of hydrogen-bond acceptors (Lipinski definition) is 7. The van der Waals surface area contributed by atoms with Crippen molar-refractivity contribution in [2.24, 2.45) is 5.10 Å². The topological polar surface area (TPSA) is 90.6 Å². The van der Waals surface area contributed by atoms with Crippen molar-refractivity contribution < 1.29 is 14.3 Å². The third-order valence-corrected chi connectivity index (χ3v) is 6.69. The fourth-order valence-corrected chi connectivity index (χ4v) is 4.40. The molecule has 1 aromatic heterocycles. The van der Waals surface area contributed by atoms with Gasteiger partial charge in [-0.25, -0.2) is 5.43 Å². The number of carbonyl (C=O) groups excluding carboxylic acids is 1. The molecular formula is C26H24BrN5O3S. The predicted octanol–water partition coefficient (Wildman–Crippen LogP) is 5.35. The van der Waals surface area contributed by atoms with Gasteiger partial charge in [-0.05, 0) is 49.4 Å². The van der Waals surface area contributed by atoms with Gasteiger partial charge in [-0.2, -0.15) is 5.10 Å². The zero-order valence-corrected chi connectivity index (χ0v) is 22.3. The Bertz CT molecular complexity index is 1370. The Kier molecular flexibility index (Phi) is 8.40. The summed E-state index contributed by atoms with van der Waals surface area (Å²) in [6.45, 7) is 1.81. The lowest BCUT2D eigenvalue weighted by molar-refractivity contribution is -0.118. The zero-order valence-electron chi connectivity index (χ0n) is 19.9. The Labute approximate surface area is 221 Å². The summed E-state index contributed by atoms with van der Waals surface area (Å²) in [7, 11) is 3.15. The smallest absolute Gasteiger partial charge is 0.250 e. The lowest BCUT2D eigenvalue weighted by Gasteiger charge is -2.11. The molecule has 0 saturated carbocycles. The maximum atomic E-state index is 12.6. The number of hydrogen-bond donors (Lipinski definition) is 1. The van der Waals surface area contributed by atoms with E-state index in [0.717, 1.165) is 21.3 Å². The van der Waals surface area contributed by atoms with E-state index in [0.29, 0.717) is 28.2 Å². The number of hydrazone groups is 1. The number of nitrogens with one attached hydrogen (secondary N) is 1. The number of carbonyl (C=O) groups is 1. The Balaban J connectivity index is 1.49. The maximum Gasteiger partial charge on any atom is 0.250 e. The van der Waals surface area contributed by atoms with Crippen LogP contribution in [0, 0.1) is 0 Å². The van der Waals surface area contributed by atoms with Crippen molar-refractivity contribution in [3.8, 4) is 28.6 Å². The first kappa shape index (κ1) is 25.5. The van der Waals surface area contributed by atoms with E-state index < -0.39 is 0 Å². The molecule has 184 valence electrons. The van der Waals surface area contributed by atoms with Crippen molar-refractivity contribution in [2.75, 3.05) is 20.0 Å². The van der Waals surface area contributed by atoms with Crippen LogP contribution in [0.2, 0.25) is 0 Å². The summed E-state index contributed by atoms with van der Waals surface area (Å²) in [4.78, 5) is 12.6. The molecule has 0 spiro atoms. The van der Waals surface area contributed by atoms with Gasteiger partial charge in [0.15, 0.2) is 22.5 Å². The molecule has 4 rings (SSSR count). The minimum absolute atomic E-state index is 0.117. The third kappa shape index (κ3) is 5.95. The summed E-state index contributed by atoms with van der Waals surface area (Å²) in [5.74, 6) is 1.77. The van der Waals surface area contributed by atoms with Crippen molar-refractivity contribution in [2.45, 2.75) is 12.1 Å². The van der Waals surface area contributed by atoms with Gasteiger partial charge in [0, 0.05) is 21.3 Å². The molecular weight excluding hydrogens is 542 g/mol. The summed E-state index contributed by atoms with van der Waals surface area (Å²) >= 11 is 4.77. The third-order valence-electron chi connectivity index (χ3n) is 5.23. The molecule has 0 unspecified atom stereocenters. The van der Waals surface area contributed by atoms with E-state index in [1.54, 1.807) is 20.3 Å². The van der Waals surface area contributed by atoms with Crippen LogP contribution in [0.15, 0.2) is 87.5 Å². The van der Waals surface area contributed by atoms with Crippen LogP contribution in [0.5, 0.6) is 11.5 Å². The summed E-state index contributed by atoms with van der Waals surface area (Å²) in [5, 5.41) is 13.6. The first-order chi connectivity index (χ1) is 17.5. The van der Waals surface area contributed by atoms with Crippen molar-refractivity contribution in [1.82, 2.24) is 20.2 Å². The number of nitrogens with zero attached hydrogens (tertiary/aromatic N) is 4. The molecule has 0 bridgehead atoms. The van der Waals surface area contributed by atoms with Gasteiger partial charge < -0.3 is 9.47 Å². The maximum absolute atomic E-state index is 12.6. The van der Waals surface area contributed by atoms with Crippen LogP contribution < -0.4 is 14.9 Å². The first-order valence-electron chi connectivity index (χ1n) is 10.9. The first-order valence-corrected chi connectivity index (χ1v) is 12.7. The average molecular weight is 566 g/mol. The van der Waals surface area contributed by atoms with E-state index in [1.807, 2.05) is 78.2 Å². The van der Waals surface area contributed by atoms with Crippen LogP contribution in [0.25, 0.3) is 17.1 Å². The predicted molar refractivity (Wildman–Crippen MR) is 145 cm³/mol. The highest BCUT2D eigenvalue weighted by Gasteiger charge is 2.17. The van der Waals surface area contributed by atoms with Crippen LogP contribution in [0.4, 0.5) is 0 Å². The highest BCUT2D eigenvalue weighted by molar-refractivity contribution is 9.10. The standard InChI is InChI=1S/C26H24BrN5O3S/c1-17(19-9-14-22(34-2)23(15-19)35-3)28-29-24(33)16-36-26-31-30-25(18-7-5-4-6-8-18)32(26)21-12-10-20(27)11-13-21/h4-15H,16H2,1-3H3,(H,29,33). The monoisotopic (exact) mass is 565 g/mol. The molecule has 1 N–H and O–H groups in total. The Morgan fingerprint density at radius 2 is 1.72 bits per heavy atom. The summed E-state index contributed by atoms with van der Waals surface area (Å²) < 4.78 is 13.5. The molecule has 0 fully saturated rings. The number of benzene rings is 3. The Hall–Kier alpha value is -3.63. The summed E-state index contributed by atoms with van der Waals surface area (Å²) in [6, 6.07) is 23.1. The normalized spacial score (nSPS) is 11.3. The van der Waals surface area contributed by atoms with E-state index in [1.165, 1.54) is 11.8 Å². The van der Waals surface area contributed by atoms with Crippen molar-refractivity contribution in [1.29, 1.82) is 0 Å². The number of ether oxygens (including phenoxy) is 2. The molecule has 8 nitrogen and oxygen atoms in total. The van der Waals surface area contributed by atoms with Crippen molar-refractivity contribution in [3.05, 3.63) is 82.8 Å². The molecule has 10 heteroatoms. The van der Waals surface area contributed by atoms with Crippen molar-refractivity contribution >= 4 is 39.3 Å². The Morgan fingerprint density at radius 1 is 1.00 bits per heavy atom. The fraction of sp³-hybridized carbons (Fsp3) is 0.154. The van der Waals surface area contributed by atoms with E-state index in [2.05, 4.69) is 36.7 Å². The SMILES string of the molecule is COc1ccc(C(C)=NNC(=O)CSc2nnc(-c3ccccc3)n2-c2ccc(Br)cc2)cc1OC. The van der Waals surface area contributed by atoms with Gasteiger partial charge in [-0.3, -0.25) is 9.36 Å². The largest absolute Gasteiger partial charge is 0.493 e. The highest BCUT2D eigenvalue weighted by atomic mass is 79.9. The molecule has 0 atom stereocenters. The molecule has 0 saturated heterocycles. The molecule has 1 amide bonds. The molecule has 1 heterocycles. The second kappa shape index (κ2) is 11.9. The quantitative estimate of drug-likeness (QED) is 0.167. The molecule has 36 heavy (non-hydrogen) atoms. The number of methoxy groups -OCH3 is 2. The lowest BCUT2D eigenvalue weighted by Crippen LogP contribution is -2.21. The second-order valence-electron chi connectivity index (χ2n) is 7.57. The van der Waals surface area contributed by atoms with Crippen LogP contribution in [0.1, 0.15) is 12.5 Å². The molecule has 0 radical (unpaired) electrons. The zero-order chi connectivity index (χ0) is 25.5. The van der Waals surface area contributed by atoms with E-state index >= 15 is 0 Å². The molecule has 3 aromatic carbocycles. The van der Waals surface area contributed by atoms with Gasteiger partial charge in [0.25, 0.3) is 5.91 Å². The van der Waals surface area contributed by atoms with Gasteiger partial charge in [-0.1, -0.05) is 58.0 Å². The fourth-order valence-electron chi connectivity index (χ4n) is 3.39. The molecule has 0 aliphatic heterocycles. The Morgan fingerprint density at radius 3 is 2.42 bits per heavy atom. The van der Waals surface area contributed by atoms with E-state index in [4.69, 9.17) is 9.47 Å². The number of rotatable bonds is 9. The molecule has 0 aliphatic carbocycles. The second-order valence-corrected chi connectivity index (χ2v) is 9.43. The van der Waals surface area contributed by atoms with Gasteiger partial charge in [0.05, 0.1) is 25.7 Å². The van der Waals surface area contributed by atoms with Gasteiger partial charge >= 0.3 is 0 Å². The minimum atomic E-state index is -0.258. The van der Waals surface area contributed by atoms with Gasteiger partial charge in [0.2, 0.25) is 0 Å². The summed E-state index contributed by atoms with van der Waals surface area (Å²) in [6.07, 6.45) is 0. The van der Waals surface area contributed by atoms with Crippen LogP contribution in [0.3, 0.4) is 0 Å². The lowest BCUT2D eigenvalue weighted by atomic mass is 10.1. The van der Waals surface area contributed by atoms with Crippen LogP contribution in [-0.2, 0) is 4.79 Å². The minimum Gasteiger partial charge on any atom is -0.493 e. The number of amides is 1. The van der Waals surface area contributed by atoms with Gasteiger partial charge in [-0.15, -0.1) is 10.2 Å². The van der Waals surface area contributed by atoms with Crippen LogP contribution >= 0.6 is 27.7 Å². The van der Waals surface area contributed by atoms with E-state index in [9.17, 15) is 4.79 Å². The van der Waals surface area contributed by atoms with Crippen molar-refractivity contribution in [3.63, 3.8) is 0 Å². The van der Waals surface area contributed by atoms with Gasteiger partial charge in [0.1, 0.15) is 0 Å². The molecule has 0 aliphatic rings. The highest BCUT2D eigenvalue weighted by Crippen LogP contribution is 2.29. The molecule has 4 aromatic rings. The number of aromatic nitrogens is 3. The van der Waals surface area contributed by atoms with E-state index in [-0.39, 0.29) is 11.7 Å². The van der Waals surface area contributed by atoms with Crippen LogP contribution in [-0.4, -0.2) is 46.4 Å². The number of thioether (sulfide) groups is 1.